The van der Waals surface area contributed by atoms with Crippen molar-refractivity contribution in [3.8, 4) is 5.75 Å². The van der Waals surface area contributed by atoms with E-state index in [-0.39, 0.29) is 11.8 Å². The standard InChI is InChI=1S/C14H19N3O3S/c1-2-21(18,19)16-12-5-3-4-11-13(6-9-20-14(11)12)17-8-7-15-10-17/h3-5,10,13,16H,2,6-9H2,1H3. The fourth-order valence-electron chi connectivity index (χ4n) is 2.70. The van der Waals surface area contributed by atoms with Gasteiger partial charge in [-0.05, 0) is 13.0 Å². The van der Waals surface area contributed by atoms with Crippen molar-refractivity contribution in [1.82, 2.24) is 4.90 Å². The highest BCUT2D eigenvalue weighted by atomic mass is 32.2. The third-order valence-electron chi connectivity index (χ3n) is 3.81. The molecule has 0 spiro atoms. The highest BCUT2D eigenvalue weighted by Crippen LogP contribution is 2.41. The van der Waals surface area contributed by atoms with Gasteiger partial charge in [-0.2, -0.15) is 0 Å². The van der Waals surface area contributed by atoms with Crippen molar-refractivity contribution in [3.63, 3.8) is 0 Å². The molecule has 2 heterocycles. The zero-order valence-electron chi connectivity index (χ0n) is 11.9. The van der Waals surface area contributed by atoms with E-state index >= 15 is 0 Å². The Morgan fingerprint density at radius 1 is 1.48 bits per heavy atom. The highest BCUT2D eigenvalue weighted by molar-refractivity contribution is 7.92. The first-order chi connectivity index (χ1) is 10.1. The number of fused-ring (bicyclic) bond motifs is 1. The summed E-state index contributed by atoms with van der Waals surface area (Å²) in [6.07, 6.45) is 2.76. The van der Waals surface area contributed by atoms with Gasteiger partial charge in [0.15, 0.2) is 0 Å². The Bertz CT molecular complexity index is 657. The minimum Gasteiger partial charge on any atom is -0.491 e. The van der Waals surface area contributed by atoms with Crippen LogP contribution in [0, 0.1) is 0 Å². The predicted octanol–water partition coefficient (Wildman–Crippen LogP) is 1.62. The molecule has 0 aliphatic carbocycles. The molecule has 6 nitrogen and oxygen atoms in total. The van der Waals surface area contributed by atoms with E-state index in [1.54, 1.807) is 13.0 Å². The summed E-state index contributed by atoms with van der Waals surface area (Å²) in [6, 6.07) is 5.80. The molecular formula is C14H19N3O3S. The molecule has 1 aromatic rings. The number of sulfonamides is 1. The molecule has 1 atom stereocenters. The molecule has 0 saturated heterocycles. The minimum absolute atomic E-state index is 0.0406. The van der Waals surface area contributed by atoms with Crippen LogP contribution in [-0.2, 0) is 10.0 Å². The topological polar surface area (TPSA) is 71.0 Å². The zero-order valence-corrected chi connectivity index (χ0v) is 12.8. The van der Waals surface area contributed by atoms with Crippen LogP contribution in [0.25, 0.3) is 0 Å². The summed E-state index contributed by atoms with van der Waals surface area (Å²) in [5.41, 5.74) is 1.54. The van der Waals surface area contributed by atoms with Gasteiger partial charge in [0.05, 0.1) is 37.0 Å². The van der Waals surface area contributed by atoms with Crippen LogP contribution in [0.15, 0.2) is 23.2 Å². The Kier molecular flexibility index (Phi) is 3.75. The van der Waals surface area contributed by atoms with Gasteiger partial charge in [0.1, 0.15) is 5.75 Å². The quantitative estimate of drug-likeness (QED) is 0.917. The smallest absolute Gasteiger partial charge is 0.232 e. The summed E-state index contributed by atoms with van der Waals surface area (Å²) >= 11 is 0. The molecule has 1 unspecified atom stereocenters. The lowest BCUT2D eigenvalue weighted by Gasteiger charge is -2.33. The first-order valence-corrected chi connectivity index (χ1v) is 8.78. The number of nitrogens with one attached hydrogen (secondary N) is 1. The molecule has 2 aliphatic heterocycles. The summed E-state index contributed by atoms with van der Waals surface area (Å²) in [4.78, 5) is 6.45. The Hall–Kier alpha value is -1.76. The summed E-state index contributed by atoms with van der Waals surface area (Å²) in [5, 5.41) is 0. The van der Waals surface area contributed by atoms with E-state index in [2.05, 4.69) is 14.6 Å². The van der Waals surface area contributed by atoms with Crippen LogP contribution in [-0.4, -0.2) is 45.1 Å². The average Bonchev–Trinajstić information content (AvgIpc) is 3.01. The van der Waals surface area contributed by atoms with Crippen molar-refractivity contribution in [2.45, 2.75) is 19.4 Å². The molecule has 0 fully saturated rings. The summed E-state index contributed by atoms with van der Waals surface area (Å²) < 4.78 is 31.9. The molecule has 0 radical (unpaired) electrons. The van der Waals surface area contributed by atoms with E-state index in [4.69, 9.17) is 4.74 Å². The number of hydrogen-bond acceptors (Lipinski definition) is 5. The molecule has 1 aromatic carbocycles. The monoisotopic (exact) mass is 309 g/mol. The van der Waals surface area contributed by atoms with Gasteiger partial charge in [0.25, 0.3) is 0 Å². The molecule has 0 bridgehead atoms. The zero-order chi connectivity index (χ0) is 14.9. The molecule has 0 amide bonds. The minimum atomic E-state index is -3.31. The van der Waals surface area contributed by atoms with Gasteiger partial charge >= 0.3 is 0 Å². The van der Waals surface area contributed by atoms with E-state index in [9.17, 15) is 8.42 Å². The maximum absolute atomic E-state index is 11.8. The summed E-state index contributed by atoms with van der Waals surface area (Å²) in [7, 11) is -3.31. The van der Waals surface area contributed by atoms with Gasteiger partial charge < -0.3 is 9.64 Å². The van der Waals surface area contributed by atoms with E-state index in [0.717, 1.165) is 25.1 Å². The second-order valence-corrected chi connectivity index (χ2v) is 7.15. The third-order valence-corrected chi connectivity index (χ3v) is 5.10. The SMILES string of the molecule is CCS(=O)(=O)Nc1cccc2c1OCCC2N1C=NCC1. The van der Waals surface area contributed by atoms with Gasteiger partial charge in [0, 0.05) is 18.5 Å². The Balaban J connectivity index is 1.95. The number of anilines is 1. The van der Waals surface area contributed by atoms with Crippen LogP contribution in [0.3, 0.4) is 0 Å². The van der Waals surface area contributed by atoms with E-state index in [0.29, 0.717) is 18.0 Å². The average molecular weight is 309 g/mol. The molecule has 0 saturated carbocycles. The Labute approximate surface area is 124 Å². The van der Waals surface area contributed by atoms with Crippen LogP contribution in [0.5, 0.6) is 5.75 Å². The van der Waals surface area contributed by atoms with Crippen molar-refractivity contribution < 1.29 is 13.2 Å². The van der Waals surface area contributed by atoms with E-state index < -0.39 is 10.0 Å². The lowest BCUT2D eigenvalue weighted by molar-refractivity contribution is 0.211. The number of nitrogens with zero attached hydrogens (tertiary/aromatic N) is 2. The van der Waals surface area contributed by atoms with Crippen molar-refractivity contribution >= 4 is 22.0 Å². The third kappa shape index (κ3) is 2.83. The summed E-state index contributed by atoms with van der Waals surface area (Å²) in [5.74, 6) is 0.685. The molecule has 0 aromatic heterocycles. The summed E-state index contributed by atoms with van der Waals surface area (Å²) in [6.45, 7) is 3.90. The number of ether oxygens (including phenoxy) is 1. The van der Waals surface area contributed by atoms with Crippen LogP contribution >= 0.6 is 0 Å². The first kappa shape index (κ1) is 14.2. The second kappa shape index (κ2) is 5.55. The van der Waals surface area contributed by atoms with Gasteiger partial charge in [-0.1, -0.05) is 12.1 Å². The van der Waals surface area contributed by atoms with Crippen LogP contribution in [0.4, 0.5) is 5.69 Å². The lowest BCUT2D eigenvalue weighted by atomic mass is 9.98. The number of rotatable bonds is 4. The predicted molar refractivity (Wildman–Crippen MR) is 82.4 cm³/mol. The molecule has 2 aliphatic rings. The molecular weight excluding hydrogens is 290 g/mol. The van der Waals surface area contributed by atoms with Gasteiger partial charge in [0.2, 0.25) is 10.0 Å². The molecule has 1 N–H and O–H groups in total. The van der Waals surface area contributed by atoms with Crippen molar-refractivity contribution in [1.29, 1.82) is 0 Å². The fraction of sp³-hybridized carbons (Fsp3) is 0.500. The van der Waals surface area contributed by atoms with Crippen LogP contribution < -0.4 is 9.46 Å². The van der Waals surface area contributed by atoms with Crippen LogP contribution in [0.1, 0.15) is 24.9 Å². The molecule has 7 heteroatoms. The maximum atomic E-state index is 11.8. The van der Waals surface area contributed by atoms with Gasteiger partial charge in [-0.3, -0.25) is 9.71 Å². The van der Waals surface area contributed by atoms with E-state index in [1.807, 2.05) is 18.5 Å². The van der Waals surface area contributed by atoms with Crippen molar-refractivity contribution in [3.05, 3.63) is 23.8 Å². The lowest BCUT2D eigenvalue weighted by Crippen LogP contribution is -2.30. The highest BCUT2D eigenvalue weighted by Gasteiger charge is 2.29. The largest absolute Gasteiger partial charge is 0.491 e. The van der Waals surface area contributed by atoms with Crippen LogP contribution in [0.2, 0.25) is 0 Å². The normalized spacial score (nSPS) is 21.0. The number of para-hydroxylation sites is 1. The Morgan fingerprint density at radius 2 is 2.33 bits per heavy atom. The first-order valence-electron chi connectivity index (χ1n) is 7.12. The number of aliphatic imine (C=N–C) groups is 1. The Morgan fingerprint density at radius 3 is 3.05 bits per heavy atom. The molecule has 21 heavy (non-hydrogen) atoms. The van der Waals surface area contributed by atoms with Crippen molar-refractivity contribution in [2.75, 3.05) is 30.2 Å². The fourth-order valence-corrected chi connectivity index (χ4v) is 3.34. The van der Waals surface area contributed by atoms with Gasteiger partial charge in [-0.25, -0.2) is 8.42 Å². The number of benzene rings is 1. The molecule has 3 rings (SSSR count). The van der Waals surface area contributed by atoms with Crippen molar-refractivity contribution in [2.24, 2.45) is 4.99 Å². The maximum Gasteiger partial charge on any atom is 0.232 e. The van der Waals surface area contributed by atoms with Gasteiger partial charge in [-0.15, -0.1) is 0 Å². The second-order valence-electron chi connectivity index (χ2n) is 5.14. The van der Waals surface area contributed by atoms with E-state index in [1.165, 1.54) is 0 Å². The number of hydrogen-bond donors (Lipinski definition) is 1. The molecule has 114 valence electrons.